The molecule has 0 aliphatic rings. The number of carbonyl (C=O) groups is 1. The van der Waals surface area contributed by atoms with Crippen LogP contribution in [0.1, 0.15) is 28.7 Å². The molecule has 0 aromatic carbocycles. The van der Waals surface area contributed by atoms with E-state index < -0.39 is 5.97 Å². The summed E-state index contributed by atoms with van der Waals surface area (Å²) >= 11 is 1.45. The summed E-state index contributed by atoms with van der Waals surface area (Å²) in [6, 6.07) is 0. The maximum atomic E-state index is 11.0. The Bertz CT molecular complexity index is 272. The van der Waals surface area contributed by atoms with E-state index in [1.54, 1.807) is 5.51 Å². The number of nitrogens with two attached hydrogens (primary N) is 1. The van der Waals surface area contributed by atoms with Crippen molar-refractivity contribution in [3.05, 3.63) is 16.1 Å². The van der Waals surface area contributed by atoms with Crippen molar-refractivity contribution < 1.29 is 9.63 Å². The summed E-state index contributed by atoms with van der Waals surface area (Å²) in [6.07, 6.45) is 1.82. The number of nitrogens with zero attached hydrogens (tertiary/aromatic N) is 1. The number of aromatic nitrogens is 1. The molecule has 0 unspecified atom stereocenters. The summed E-state index contributed by atoms with van der Waals surface area (Å²) in [7, 11) is 0. The first kappa shape index (κ1) is 9.15. The molecule has 1 heterocycles. The topological polar surface area (TPSA) is 65.2 Å². The van der Waals surface area contributed by atoms with E-state index in [4.69, 9.17) is 5.90 Å². The average molecular weight is 186 g/mol. The number of hydrogen-bond acceptors (Lipinski definition) is 5. The van der Waals surface area contributed by atoms with Gasteiger partial charge in [0, 0.05) is 4.88 Å². The van der Waals surface area contributed by atoms with Crippen LogP contribution < -0.4 is 5.90 Å². The normalized spacial score (nSPS) is 9.83. The van der Waals surface area contributed by atoms with Gasteiger partial charge >= 0.3 is 5.97 Å². The van der Waals surface area contributed by atoms with E-state index in [1.807, 2.05) is 6.92 Å². The predicted molar refractivity (Wildman–Crippen MR) is 45.7 cm³/mol. The summed E-state index contributed by atoms with van der Waals surface area (Å²) in [5.41, 5.74) is 1.97. The minimum absolute atomic E-state index is 0.351. The van der Waals surface area contributed by atoms with Gasteiger partial charge in [-0.15, -0.1) is 11.3 Å². The lowest BCUT2D eigenvalue weighted by molar-refractivity contribution is 0.0496. The Hall–Kier alpha value is -0.940. The zero-order valence-electron chi connectivity index (χ0n) is 6.74. The van der Waals surface area contributed by atoms with Gasteiger partial charge in [0.15, 0.2) is 5.69 Å². The standard InChI is InChI=1S/C7H10N2O2S/c1-2-3-5-6(7(10)11-8)9-4-12-5/h4H,2-3,8H2,1H3. The fourth-order valence-electron chi connectivity index (χ4n) is 0.897. The van der Waals surface area contributed by atoms with Crippen LogP contribution in [-0.4, -0.2) is 11.0 Å². The number of hydrogen-bond donors (Lipinski definition) is 1. The summed E-state index contributed by atoms with van der Waals surface area (Å²) < 4.78 is 0. The van der Waals surface area contributed by atoms with Crippen molar-refractivity contribution in [2.24, 2.45) is 5.90 Å². The highest BCUT2D eigenvalue weighted by Gasteiger charge is 2.14. The highest BCUT2D eigenvalue weighted by atomic mass is 32.1. The van der Waals surface area contributed by atoms with Gasteiger partial charge in [0.1, 0.15) is 0 Å². The van der Waals surface area contributed by atoms with Gasteiger partial charge in [0.25, 0.3) is 0 Å². The maximum absolute atomic E-state index is 11.0. The van der Waals surface area contributed by atoms with Crippen LogP contribution in [0.15, 0.2) is 5.51 Å². The van der Waals surface area contributed by atoms with Crippen LogP contribution in [-0.2, 0) is 11.3 Å². The molecule has 0 saturated heterocycles. The molecule has 5 heteroatoms. The third-order valence-corrected chi connectivity index (χ3v) is 2.31. The molecule has 0 atom stereocenters. The van der Waals surface area contributed by atoms with Crippen LogP contribution in [0.3, 0.4) is 0 Å². The van der Waals surface area contributed by atoms with E-state index in [0.29, 0.717) is 5.69 Å². The van der Waals surface area contributed by atoms with E-state index in [2.05, 4.69) is 9.82 Å². The second-order valence-electron chi connectivity index (χ2n) is 2.28. The third kappa shape index (κ3) is 1.80. The quantitative estimate of drug-likeness (QED) is 0.718. The maximum Gasteiger partial charge on any atom is 0.376 e. The second kappa shape index (κ2) is 4.18. The fourth-order valence-corrected chi connectivity index (χ4v) is 1.75. The van der Waals surface area contributed by atoms with Crippen LogP contribution in [0, 0.1) is 0 Å². The summed E-state index contributed by atoms with van der Waals surface area (Å²) in [6.45, 7) is 2.04. The lowest BCUT2D eigenvalue weighted by Gasteiger charge is -1.96. The largest absolute Gasteiger partial charge is 0.376 e. The molecule has 0 fully saturated rings. The van der Waals surface area contributed by atoms with Gasteiger partial charge in [0.05, 0.1) is 5.51 Å². The van der Waals surface area contributed by atoms with E-state index in [-0.39, 0.29) is 0 Å². The summed E-state index contributed by atoms with van der Waals surface area (Å²) in [4.78, 5) is 19.9. The van der Waals surface area contributed by atoms with Crippen molar-refractivity contribution in [1.29, 1.82) is 0 Å². The van der Waals surface area contributed by atoms with Crippen LogP contribution >= 0.6 is 11.3 Å². The van der Waals surface area contributed by atoms with Crippen LogP contribution in [0.5, 0.6) is 0 Å². The molecule has 0 bridgehead atoms. The SMILES string of the molecule is CCCc1scnc1C(=O)ON. The first-order valence-electron chi connectivity index (χ1n) is 3.63. The minimum atomic E-state index is -0.556. The van der Waals surface area contributed by atoms with Crippen molar-refractivity contribution >= 4 is 17.3 Å². The molecule has 4 nitrogen and oxygen atoms in total. The number of carbonyl (C=O) groups excluding carboxylic acids is 1. The molecule has 0 radical (unpaired) electrons. The van der Waals surface area contributed by atoms with Crippen molar-refractivity contribution in [3.8, 4) is 0 Å². The van der Waals surface area contributed by atoms with E-state index >= 15 is 0 Å². The Labute approximate surface area is 74.3 Å². The number of rotatable bonds is 3. The Morgan fingerprint density at radius 2 is 2.58 bits per heavy atom. The zero-order valence-corrected chi connectivity index (χ0v) is 7.56. The Kier molecular flexibility index (Phi) is 3.19. The second-order valence-corrected chi connectivity index (χ2v) is 3.22. The van der Waals surface area contributed by atoms with E-state index in [0.717, 1.165) is 17.7 Å². The molecule has 0 amide bonds. The Balaban J connectivity index is 2.83. The van der Waals surface area contributed by atoms with Crippen molar-refractivity contribution in [2.45, 2.75) is 19.8 Å². The van der Waals surface area contributed by atoms with Crippen LogP contribution in [0.25, 0.3) is 0 Å². The molecule has 2 N–H and O–H groups in total. The Morgan fingerprint density at radius 1 is 1.83 bits per heavy atom. The average Bonchev–Trinajstić information content (AvgIpc) is 2.52. The van der Waals surface area contributed by atoms with Gasteiger partial charge in [-0.05, 0) is 6.42 Å². The van der Waals surface area contributed by atoms with Gasteiger partial charge in [-0.2, -0.15) is 5.90 Å². The summed E-state index contributed by atoms with van der Waals surface area (Å²) in [5, 5.41) is 0. The fraction of sp³-hybridized carbons (Fsp3) is 0.429. The van der Waals surface area contributed by atoms with Crippen molar-refractivity contribution in [3.63, 3.8) is 0 Å². The zero-order chi connectivity index (χ0) is 8.97. The van der Waals surface area contributed by atoms with Gasteiger partial charge in [-0.25, -0.2) is 9.78 Å². The van der Waals surface area contributed by atoms with Crippen molar-refractivity contribution in [1.82, 2.24) is 4.98 Å². The monoisotopic (exact) mass is 186 g/mol. The highest BCUT2D eigenvalue weighted by molar-refractivity contribution is 7.09. The lowest BCUT2D eigenvalue weighted by Crippen LogP contribution is -2.12. The molecule has 66 valence electrons. The molecule has 0 aliphatic heterocycles. The molecular formula is C7H10N2O2S. The predicted octanol–water partition coefficient (Wildman–Crippen LogP) is 1.13. The van der Waals surface area contributed by atoms with Gasteiger partial charge in [-0.1, -0.05) is 13.3 Å². The van der Waals surface area contributed by atoms with Crippen molar-refractivity contribution in [2.75, 3.05) is 0 Å². The smallest absolute Gasteiger partial charge is 0.368 e. The van der Waals surface area contributed by atoms with Crippen LogP contribution in [0.4, 0.5) is 0 Å². The molecule has 0 spiro atoms. The van der Waals surface area contributed by atoms with E-state index in [9.17, 15) is 4.79 Å². The Morgan fingerprint density at radius 3 is 3.17 bits per heavy atom. The molecule has 1 rings (SSSR count). The first-order valence-corrected chi connectivity index (χ1v) is 4.51. The molecule has 0 aliphatic carbocycles. The van der Waals surface area contributed by atoms with Gasteiger partial charge in [-0.3, -0.25) is 0 Å². The lowest BCUT2D eigenvalue weighted by atomic mass is 10.2. The number of aryl methyl sites for hydroxylation is 1. The minimum Gasteiger partial charge on any atom is -0.368 e. The summed E-state index contributed by atoms with van der Waals surface area (Å²) in [5.74, 6) is 4.19. The molecule has 12 heavy (non-hydrogen) atoms. The highest BCUT2D eigenvalue weighted by Crippen LogP contribution is 2.15. The van der Waals surface area contributed by atoms with E-state index in [1.165, 1.54) is 11.3 Å². The molecule has 0 saturated carbocycles. The van der Waals surface area contributed by atoms with Gasteiger partial charge in [0.2, 0.25) is 0 Å². The molecule has 1 aromatic rings. The first-order chi connectivity index (χ1) is 5.79. The third-order valence-electron chi connectivity index (χ3n) is 1.42. The van der Waals surface area contributed by atoms with Crippen LogP contribution in [0.2, 0.25) is 0 Å². The van der Waals surface area contributed by atoms with Gasteiger partial charge < -0.3 is 4.84 Å². The molecule has 1 aromatic heterocycles. The molecular weight excluding hydrogens is 176 g/mol. The number of thiazole rings is 1.